The van der Waals surface area contributed by atoms with Crippen LogP contribution < -0.4 is 10.1 Å². The number of fused-ring (bicyclic) bond motifs is 1. The van der Waals surface area contributed by atoms with Gasteiger partial charge in [0.25, 0.3) is 0 Å². The first-order chi connectivity index (χ1) is 10.3. The normalized spacial score (nSPS) is 10.5. The molecular formula is C16H14IN3O. The molecule has 0 aliphatic carbocycles. The van der Waals surface area contributed by atoms with E-state index in [2.05, 4.69) is 37.9 Å². The van der Waals surface area contributed by atoms with Crippen molar-refractivity contribution in [2.75, 3.05) is 18.5 Å². The standard InChI is InChI=1S/C16H14IN3O/c17-13-6-2-4-8-15(13)21-10-9-18-16-12-5-1-3-7-14(12)19-11-20-16/h1-8,11H,9-10H2,(H,18,19,20). The molecule has 0 saturated carbocycles. The molecule has 4 nitrogen and oxygen atoms in total. The first-order valence-corrected chi connectivity index (χ1v) is 7.73. The van der Waals surface area contributed by atoms with E-state index in [1.807, 2.05) is 48.5 Å². The van der Waals surface area contributed by atoms with Gasteiger partial charge in [-0.25, -0.2) is 9.97 Å². The molecule has 106 valence electrons. The number of aromatic nitrogens is 2. The smallest absolute Gasteiger partial charge is 0.137 e. The van der Waals surface area contributed by atoms with E-state index in [-0.39, 0.29) is 0 Å². The van der Waals surface area contributed by atoms with Gasteiger partial charge >= 0.3 is 0 Å². The number of nitrogens with one attached hydrogen (secondary N) is 1. The number of anilines is 1. The van der Waals surface area contributed by atoms with Crippen LogP contribution in [0.25, 0.3) is 10.9 Å². The zero-order valence-electron chi connectivity index (χ0n) is 11.3. The Kier molecular flexibility index (Phi) is 4.49. The van der Waals surface area contributed by atoms with Crippen molar-refractivity contribution in [1.29, 1.82) is 0 Å². The van der Waals surface area contributed by atoms with Gasteiger partial charge in [0.15, 0.2) is 0 Å². The minimum Gasteiger partial charge on any atom is -0.491 e. The van der Waals surface area contributed by atoms with E-state index in [1.54, 1.807) is 6.33 Å². The minimum atomic E-state index is 0.582. The van der Waals surface area contributed by atoms with Crippen molar-refractivity contribution < 1.29 is 4.74 Å². The van der Waals surface area contributed by atoms with Crippen LogP contribution >= 0.6 is 22.6 Å². The fraction of sp³-hybridized carbons (Fsp3) is 0.125. The number of hydrogen-bond acceptors (Lipinski definition) is 4. The van der Waals surface area contributed by atoms with Gasteiger partial charge in [0, 0.05) is 5.39 Å². The Bertz CT molecular complexity index is 743. The molecule has 21 heavy (non-hydrogen) atoms. The molecule has 0 radical (unpaired) electrons. The van der Waals surface area contributed by atoms with E-state index >= 15 is 0 Å². The van der Waals surface area contributed by atoms with Crippen LogP contribution in [0.3, 0.4) is 0 Å². The van der Waals surface area contributed by atoms with Gasteiger partial charge in [0.2, 0.25) is 0 Å². The molecule has 0 spiro atoms. The molecule has 1 N–H and O–H groups in total. The number of nitrogens with zero attached hydrogens (tertiary/aromatic N) is 2. The molecule has 5 heteroatoms. The topological polar surface area (TPSA) is 47.0 Å². The van der Waals surface area contributed by atoms with Crippen LogP contribution in [0.1, 0.15) is 0 Å². The van der Waals surface area contributed by atoms with Crippen molar-refractivity contribution in [1.82, 2.24) is 9.97 Å². The van der Waals surface area contributed by atoms with Gasteiger partial charge in [0.1, 0.15) is 24.5 Å². The molecule has 0 amide bonds. The molecule has 0 fully saturated rings. The van der Waals surface area contributed by atoms with Crippen molar-refractivity contribution in [3.05, 3.63) is 58.4 Å². The number of ether oxygens (including phenoxy) is 1. The lowest BCUT2D eigenvalue weighted by Crippen LogP contribution is -2.13. The lowest BCUT2D eigenvalue weighted by Gasteiger charge is -2.10. The average molecular weight is 391 g/mol. The third-order valence-electron chi connectivity index (χ3n) is 3.03. The highest BCUT2D eigenvalue weighted by molar-refractivity contribution is 14.1. The van der Waals surface area contributed by atoms with E-state index in [1.165, 1.54) is 0 Å². The zero-order chi connectivity index (χ0) is 14.5. The summed E-state index contributed by atoms with van der Waals surface area (Å²) in [6.45, 7) is 1.27. The Morgan fingerprint density at radius 3 is 2.71 bits per heavy atom. The monoisotopic (exact) mass is 391 g/mol. The van der Waals surface area contributed by atoms with Gasteiger partial charge in [0.05, 0.1) is 15.6 Å². The molecule has 0 aliphatic rings. The lowest BCUT2D eigenvalue weighted by atomic mass is 10.2. The molecule has 0 atom stereocenters. The third kappa shape index (κ3) is 3.41. The van der Waals surface area contributed by atoms with Crippen molar-refractivity contribution in [3.8, 4) is 5.75 Å². The minimum absolute atomic E-state index is 0.582. The van der Waals surface area contributed by atoms with Crippen LogP contribution in [0.15, 0.2) is 54.9 Å². The van der Waals surface area contributed by atoms with E-state index < -0.39 is 0 Å². The summed E-state index contributed by atoms with van der Waals surface area (Å²) in [5.74, 6) is 1.75. The van der Waals surface area contributed by atoms with Crippen LogP contribution in [0.2, 0.25) is 0 Å². The zero-order valence-corrected chi connectivity index (χ0v) is 13.4. The molecule has 0 unspecified atom stereocenters. The highest BCUT2D eigenvalue weighted by Crippen LogP contribution is 2.20. The number of hydrogen-bond donors (Lipinski definition) is 1. The van der Waals surface area contributed by atoms with Crippen molar-refractivity contribution >= 4 is 39.3 Å². The average Bonchev–Trinajstić information content (AvgIpc) is 2.53. The quantitative estimate of drug-likeness (QED) is 0.532. The second-order valence-electron chi connectivity index (χ2n) is 4.45. The largest absolute Gasteiger partial charge is 0.491 e. The fourth-order valence-corrected chi connectivity index (χ4v) is 2.58. The first-order valence-electron chi connectivity index (χ1n) is 6.65. The predicted molar refractivity (Wildman–Crippen MR) is 92.7 cm³/mol. The second kappa shape index (κ2) is 6.71. The summed E-state index contributed by atoms with van der Waals surface area (Å²) in [6.07, 6.45) is 1.58. The van der Waals surface area contributed by atoms with Crippen LogP contribution in [0, 0.1) is 3.57 Å². The van der Waals surface area contributed by atoms with Crippen LogP contribution in [0.4, 0.5) is 5.82 Å². The molecule has 0 aliphatic heterocycles. The summed E-state index contributed by atoms with van der Waals surface area (Å²) in [5.41, 5.74) is 0.938. The van der Waals surface area contributed by atoms with Gasteiger partial charge < -0.3 is 10.1 Å². The Labute approximate surface area is 136 Å². The molecule has 3 rings (SSSR count). The Hall–Kier alpha value is -1.89. The summed E-state index contributed by atoms with van der Waals surface area (Å²) >= 11 is 2.27. The number of para-hydroxylation sites is 2. The first kappa shape index (κ1) is 14.1. The van der Waals surface area contributed by atoms with Crippen LogP contribution in [0.5, 0.6) is 5.75 Å². The van der Waals surface area contributed by atoms with E-state index in [0.717, 1.165) is 26.0 Å². The summed E-state index contributed by atoms with van der Waals surface area (Å²) < 4.78 is 6.87. The maximum atomic E-state index is 5.76. The fourth-order valence-electron chi connectivity index (χ4n) is 2.04. The number of halogens is 1. The molecule has 0 saturated heterocycles. The summed E-state index contributed by atoms with van der Waals surface area (Å²) in [5, 5.41) is 4.32. The molecule has 1 heterocycles. The Morgan fingerprint density at radius 1 is 1.00 bits per heavy atom. The van der Waals surface area contributed by atoms with Gasteiger partial charge in [-0.15, -0.1) is 0 Å². The second-order valence-corrected chi connectivity index (χ2v) is 5.61. The highest BCUT2D eigenvalue weighted by atomic mass is 127. The van der Waals surface area contributed by atoms with E-state index in [4.69, 9.17) is 4.74 Å². The SMILES string of the molecule is Ic1ccccc1OCCNc1ncnc2ccccc12. The maximum Gasteiger partial charge on any atom is 0.137 e. The Morgan fingerprint density at radius 2 is 1.81 bits per heavy atom. The van der Waals surface area contributed by atoms with Gasteiger partial charge in [-0.2, -0.15) is 0 Å². The molecule has 3 aromatic rings. The van der Waals surface area contributed by atoms with Gasteiger partial charge in [-0.05, 0) is 46.9 Å². The lowest BCUT2D eigenvalue weighted by molar-refractivity contribution is 0.330. The molecule has 0 bridgehead atoms. The van der Waals surface area contributed by atoms with Gasteiger partial charge in [-0.1, -0.05) is 24.3 Å². The summed E-state index contributed by atoms with van der Waals surface area (Å²) in [6, 6.07) is 15.9. The number of rotatable bonds is 5. The summed E-state index contributed by atoms with van der Waals surface area (Å²) in [7, 11) is 0. The van der Waals surface area contributed by atoms with Crippen LogP contribution in [-0.4, -0.2) is 23.1 Å². The third-order valence-corrected chi connectivity index (χ3v) is 3.92. The Balaban J connectivity index is 1.61. The molecular weight excluding hydrogens is 377 g/mol. The molecule has 2 aromatic carbocycles. The number of benzene rings is 2. The van der Waals surface area contributed by atoms with Crippen molar-refractivity contribution in [2.24, 2.45) is 0 Å². The maximum absolute atomic E-state index is 5.76. The van der Waals surface area contributed by atoms with Gasteiger partial charge in [-0.3, -0.25) is 0 Å². The van der Waals surface area contributed by atoms with Crippen LogP contribution in [-0.2, 0) is 0 Å². The van der Waals surface area contributed by atoms with E-state index in [0.29, 0.717) is 13.2 Å². The summed E-state index contributed by atoms with van der Waals surface area (Å²) in [4.78, 5) is 8.54. The van der Waals surface area contributed by atoms with Crippen molar-refractivity contribution in [2.45, 2.75) is 0 Å². The molecule has 1 aromatic heterocycles. The predicted octanol–water partition coefficient (Wildman–Crippen LogP) is 3.73. The highest BCUT2D eigenvalue weighted by Gasteiger charge is 2.02. The van der Waals surface area contributed by atoms with E-state index in [9.17, 15) is 0 Å². The van der Waals surface area contributed by atoms with Crippen molar-refractivity contribution in [3.63, 3.8) is 0 Å².